The van der Waals surface area contributed by atoms with E-state index in [1.807, 2.05) is 4.90 Å². The van der Waals surface area contributed by atoms with Crippen LogP contribution in [-0.2, 0) is 0 Å². The van der Waals surface area contributed by atoms with E-state index in [0.717, 1.165) is 19.5 Å². The zero-order valence-corrected chi connectivity index (χ0v) is 14.0. The first-order chi connectivity index (χ1) is 9.16. The molecule has 1 aromatic rings. The number of likely N-dealkylation sites (tertiary alicyclic amines) is 1. The Morgan fingerprint density at radius 3 is 2.76 bits per heavy atom. The minimum absolute atomic E-state index is 0. The lowest BCUT2D eigenvalue weighted by Crippen LogP contribution is -2.38. The van der Waals surface area contributed by atoms with Gasteiger partial charge < -0.3 is 10.6 Å². The average Bonchev–Trinajstić information content (AvgIpc) is 2.84. The second-order valence-corrected chi connectivity index (χ2v) is 5.99. The third-order valence-corrected chi connectivity index (χ3v) is 4.75. The van der Waals surface area contributed by atoms with Crippen LogP contribution in [0, 0.1) is 11.8 Å². The number of fused-ring (bicyclic) bond motifs is 1. The van der Waals surface area contributed by atoms with Gasteiger partial charge in [-0.2, -0.15) is 0 Å². The van der Waals surface area contributed by atoms with Crippen molar-refractivity contribution in [2.75, 3.05) is 13.1 Å². The fourth-order valence-corrected chi connectivity index (χ4v) is 3.60. The van der Waals surface area contributed by atoms with Crippen LogP contribution in [0.2, 0.25) is 5.02 Å². The van der Waals surface area contributed by atoms with Crippen molar-refractivity contribution in [2.24, 2.45) is 17.6 Å². The third-order valence-electron chi connectivity index (χ3n) is 4.44. The second-order valence-electron chi connectivity index (χ2n) is 5.58. The molecule has 3 unspecified atom stereocenters. The fourth-order valence-electron chi connectivity index (χ4n) is 3.40. The summed E-state index contributed by atoms with van der Waals surface area (Å²) in [6.07, 6.45) is 6.57. The Hall–Kier alpha value is -0.550. The Morgan fingerprint density at radius 1 is 1.33 bits per heavy atom. The molecule has 21 heavy (non-hydrogen) atoms. The van der Waals surface area contributed by atoms with Crippen LogP contribution < -0.4 is 5.73 Å². The summed E-state index contributed by atoms with van der Waals surface area (Å²) in [6, 6.07) is 1.93. The first-order valence-corrected chi connectivity index (χ1v) is 7.19. The lowest BCUT2D eigenvalue weighted by molar-refractivity contribution is 0.0783. The first kappa shape index (κ1) is 18.5. The van der Waals surface area contributed by atoms with Crippen molar-refractivity contribution in [3.63, 3.8) is 0 Å². The van der Waals surface area contributed by atoms with E-state index in [2.05, 4.69) is 4.98 Å². The molecule has 0 radical (unpaired) electrons. The quantitative estimate of drug-likeness (QED) is 0.845. The average molecular weight is 353 g/mol. The van der Waals surface area contributed by atoms with Crippen LogP contribution in [0.3, 0.4) is 0 Å². The van der Waals surface area contributed by atoms with E-state index in [9.17, 15) is 4.79 Å². The number of aromatic nitrogens is 1. The van der Waals surface area contributed by atoms with E-state index >= 15 is 0 Å². The molecule has 0 spiro atoms. The minimum Gasteiger partial charge on any atom is -0.338 e. The van der Waals surface area contributed by atoms with Gasteiger partial charge in [-0.3, -0.25) is 9.78 Å². The molecule has 1 amide bonds. The van der Waals surface area contributed by atoms with Gasteiger partial charge in [0.2, 0.25) is 0 Å². The molecule has 3 atom stereocenters. The predicted octanol–water partition coefficient (Wildman–Crippen LogP) is 2.78. The van der Waals surface area contributed by atoms with Crippen molar-refractivity contribution in [2.45, 2.75) is 25.3 Å². The minimum atomic E-state index is 0. The highest BCUT2D eigenvalue weighted by molar-refractivity contribution is 6.33. The van der Waals surface area contributed by atoms with Crippen LogP contribution >= 0.6 is 36.4 Å². The van der Waals surface area contributed by atoms with E-state index in [1.54, 1.807) is 12.3 Å². The number of hydrogen-bond acceptors (Lipinski definition) is 3. The summed E-state index contributed by atoms with van der Waals surface area (Å²) in [5, 5.41) is 0.423. The molecular formula is C14H20Cl3N3O. The summed E-state index contributed by atoms with van der Waals surface area (Å²) in [5.74, 6) is 1.03. The Kier molecular flexibility index (Phi) is 6.72. The molecule has 2 heterocycles. The van der Waals surface area contributed by atoms with E-state index in [4.69, 9.17) is 17.3 Å². The van der Waals surface area contributed by atoms with Gasteiger partial charge in [0.15, 0.2) is 0 Å². The topological polar surface area (TPSA) is 59.2 Å². The molecule has 1 aliphatic heterocycles. The van der Waals surface area contributed by atoms with Crippen LogP contribution in [0.25, 0.3) is 0 Å². The van der Waals surface area contributed by atoms with Crippen molar-refractivity contribution in [1.82, 2.24) is 9.88 Å². The molecule has 4 nitrogen and oxygen atoms in total. The van der Waals surface area contributed by atoms with E-state index in [1.165, 1.54) is 19.0 Å². The highest BCUT2D eigenvalue weighted by Crippen LogP contribution is 2.36. The van der Waals surface area contributed by atoms with Gasteiger partial charge in [-0.15, -0.1) is 24.8 Å². The highest BCUT2D eigenvalue weighted by atomic mass is 35.5. The maximum Gasteiger partial charge on any atom is 0.255 e. The molecule has 118 valence electrons. The smallest absolute Gasteiger partial charge is 0.255 e. The molecule has 2 fully saturated rings. The third kappa shape index (κ3) is 3.62. The highest BCUT2D eigenvalue weighted by Gasteiger charge is 2.40. The summed E-state index contributed by atoms with van der Waals surface area (Å²) in [7, 11) is 0. The van der Waals surface area contributed by atoms with Gasteiger partial charge in [-0.05, 0) is 30.7 Å². The normalized spacial score (nSPS) is 27.3. The molecule has 1 saturated carbocycles. The van der Waals surface area contributed by atoms with Crippen molar-refractivity contribution in [1.29, 1.82) is 0 Å². The molecular weight excluding hydrogens is 333 g/mol. The largest absolute Gasteiger partial charge is 0.338 e. The van der Waals surface area contributed by atoms with Crippen molar-refractivity contribution in [3.05, 3.63) is 29.0 Å². The summed E-state index contributed by atoms with van der Waals surface area (Å²) in [4.78, 5) is 18.3. The number of amides is 1. The Labute approximate surface area is 142 Å². The maximum atomic E-state index is 12.5. The molecule has 2 N–H and O–H groups in total. The zero-order valence-electron chi connectivity index (χ0n) is 11.6. The maximum absolute atomic E-state index is 12.5. The number of halogens is 3. The van der Waals surface area contributed by atoms with Gasteiger partial charge in [0.25, 0.3) is 5.91 Å². The van der Waals surface area contributed by atoms with Gasteiger partial charge in [0.05, 0.1) is 10.6 Å². The Morgan fingerprint density at radius 2 is 2.10 bits per heavy atom. The van der Waals surface area contributed by atoms with Crippen molar-refractivity contribution >= 4 is 42.3 Å². The van der Waals surface area contributed by atoms with E-state index in [-0.39, 0.29) is 36.8 Å². The van der Waals surface area contributed by atoms with Gasteiger partial charge in [0.1, 0.15) is 0 Å². The molecule has 1 aliphatic carbocycles. The van der Waals surface area contributed by atoms with Crippen LogP contribution in [0.15, 0.2) is 18.5 Å². The number of nitrogens with two attached hydrogens (primary N) is 1. The molecule has 7 heteroatoms. The number of carbonyl (C=O) groups excluding carboxylic acids is 1. The van der Waals surface area contributed by atoms with Crippen molar-refractivity contribution < 1.29 is 4.79 Å². The SMILES string of the molecule is Cl.Cl.NC1CCCC2CN(C(=O)c3ccncc3Cl)CC12. The number of pyridine rings is 1. The number of hydrogen-bond donors (Lipinski definition) is 1. The van der Waals surface area contributed by atoms with Gasteiger partial charge >= 0.3 is 0 Å². The fraction of sp³-hybridized carbons (Fsp3) is 0.571. The van der Waals surface area contributed by atoms with Gasteiger partial charge in [-0.1, -0.05) is 18.0 Å². The van der Waals surface area contributed by atoms with E-state index in [0.29, 0.717) is 22.4 Å². The zero-order chi connectivity index (χ0) is 13.4. The van der Waals surface area contributed by atoms with Crippen molar-refractivity contribution in [3.8, 4) is 0 Å². The van der Waals surface area contributed by atoms with Crippen LogP contribution in [-0.4, -0.2) is 34.9 Å². The Bertz CT molecular complexity index is 500. The molecule has 0 bridgehead atoms. The number of rotatable bonds is 1. The lowest BCUT2D eigenvalue weighted by Gasteiger charge is -2.29. The molecule has 0 aromatic carbocycles. The summed E-state index contributed by atoms with van der Waals surface area (Å²) in [6.45, 7) is 1.58. The van der Waals surface area contributed by atoms with Crippen LogP contribution in [0.4, 0.5) is 0 Å². The molecule has 1 saturated heterocycles. The molecule has 2 aliphatic rings. The number of carbonyl (C=O) groups is 1. The predicted molar refractivity (Wildman–Crippen MR) is 88.5 cm³/mol. The van der Waals surface area contributed by atoms with Gasteiger partial charge in [0, 0.05) is 31.5 Å². The monoisotopic (exact) mass is 351 g/mol. The standard InChI is InChI=1S/C14H18ClN3O.2ClH/c15-12-6-17-5-4-10(12)14(19)18-7-9-2-1-3-13(16)11(9)8-18;;/h4-6,9,11,13H,1-3,7-8,16H2;2*1H. The first-order valence-electron chi connectivity index (χ1n) is 6.81. The lowest BCUT2D eigenvalue weighted by atomic mass is 9.78. The van der Waals surface area contributed by atoms with Crippen LogP contribution in [0.1, 0.15) is 29.6 Å². The van der Waals surface area contributed by atoms with Crippen LogP contribution in [0.5, 0.6) is 0 Å². The number of nitrogens with zero attached hydrogens (tertiary/aromatic N) is 2. The molecule has 1 aromatic heterocycles. The summed E-state index contributed by atoms with van der Waals surface area (Å²) >= 11 is 6.04. The second kappa shape index (κ2) is 7.63. The Balaban J connectivity index is 0.00000110. The summed E-state index contributed by atoms with van der Waals surface area (Å²) < 4.78 is 0. The molecule has 3 rings (SSSR count). The van der Waals surface area contributed by atoms with E-state index < -0.39 is 0 Å². The van der Waals surface area contributed by atoms with Gasteiger partial charge in [-0.25, -0.2) is 0 Å². The summed E-state index contributed by atoms with van der Waals surface area (Å²) in [5.41, 5.74) is 6.72.